The number of nitrogens with two attached hydrogens (primary N) is 1. The third kappa shape index (κ3) is 4.06. The molecule has 0 aromatic rings. The summed E-state index contributed by atoms with van der Waals surface area (Å²) in [4.78, 5) is 25.7. The van der Waals surface area contributed by atoms with Gasteiger partial charge in [-0.15, -0.1) is 0 Å². The van der Waals surface area contributed by atoms with E-state index in [1.807, 2.05) is 0 Å². The van der Waals surface area contributed by atoms with Gasteiger partial charge in [0, 0.05) is 5.41 Å². The van der Waals surface area contributed by atoms with Crippen molar-refractivity contribution in [1.29, 1.82) is 0 Å². The van der Waals surface area contributed by atoms with Crippen LogP contribution in [0.1, 0.15) is 51.4 Å². The molecule has 9 nitrogen and oxygen atoms in total. The van der Waals surface area contributed by atoms with Crippen molar-refractivity contribution in [2.45, 2.75) is 68.8 Å². The Bertz CT molecular complexity index is 890. The van der Waals surface area contributed by atoms with Gasteiger partial charge in [0.1, 0.15) is 0 Å². The minimum absolute atomic E-state index is 0.00245. The number of hydrogen-bond acceptors (Lipinski definition) is 9. The first-order valence-electron chi connectivity index (χ1n) is 11.5. The number of hydrogen-bond donors (Lipinski definition) is 1. The van der Waals surface area contributed by atoms with Crippen LogP contribution in [0.25, 0.3) is 0 Å². The molecule has 2 heterocycles. The van der Waals surface area contributed by atoms with Crippen molar-refractivity contribution in [3.8, 4) is 0 Å². The Labute approximate surface area is 190 Å². The first-order valence-corrected chi connectivity index (χ1v) is 12.9. The largest absolute Gasteiger partial charge is 0.465 e. The number of alkyl halides is 2. The van der Waals surface area contributed by atoms with Crippen molar-refractivity contribution in [1.82, 2.24) is 0 Å². The molecule has 2 saturated heterocycles. The van der Waals surface area contributed by atoms with Gasteiger partial charge in [-0.2, -0.15) is 27.4 Å². The molecule has 12 heteroatoms. The predicted molar refractivity (Wildman–Crippen MR) is 107 cm³/mol. The zero-order valence-electron chi connectivity index (χ0n) is 18.1. The number of esters is 2. The summed E-state index contributed by atoms with van der Waals surface area (Å²) in [7, 11) is -5.44. The van der Waals surface area contributed by atoms with Crippen LogP contribution < -0.4 is 5.90 Å². The highest BCUT2D eigenvalue weighted by atomic mass is 32.2. The van der Waals surface area contributed by atoms with Crippen LogP contribution in [0.2, 0.25) is 0 Å². The summed E-state index contributed by atoms with van der Waals surface area (Å²) in [6.45, 7) is -1.47. The van der Waals surface area contributed by atoms with Crippen LogP contribution in [0.4, 0.5) is 8.78 Å². The summed E-state index contributed by atoms with van der Waals surface area (Å²) < 4.78 is 69.4. The maximum absolute atomic E-state index is 13.8. The van der Waals surface area contributed by atoms with Crippen LogP contribution >= 0.6 is 0 Å². The quantitative estimate of drug-likeness (QED) is 0.398. The van der Waals surface area contributed by atoms with Gasteiger partial charge in [-0.25, -0.2) is 0 Å². The molecule has 2 N–H and O–H groups in total. The van der Waals surface area contributed by atoms with Crippen LogP contribution in [0.5, 0.6) is 0 Å². The Morgan fingerprint density at radius 2 is 1.42 bits per heavy atom. The molecule has 0 aromatic carbocycles. The lowest BCUT2D eigenvalue weighted by atomic mass is 9.50. The van der Waals surface area contributed by atoms with Crippen LogP contribution in [0, 0.1) is 35.0 Å². The Morgan fingerprint density at radius 3 is 1.91 bits per heavy atom. The van der Waals surface area contributed by atoms with Crippen LogP contribution in [0.15, 0.2) is 0 Å². The average Bonchev–Trinajstić information content (AvgIpc) is 3.36. The fraction of sp³-hybridized carbons (Fsp3) is 0.905. The van der Waals surface area contributed by atoms with Crippen molar-refractivity contribution >= 4 is 22.1 Å². The molecule has 6 bridgehead atoms. The highest BCUT2D eigenvalue weighted by Gasteiger charge is 2.58. The lowest BCUT2D eigenvalue weighted by Crippen LogP contribution is -2.49. The van der Waals surface area contributed by atoms with Gasteiger partial charge in [-0.1, -0.05) is 0 Å². The third-order valence-corrected chi connectivity index (χ3v) is 9.48. The first kappa shape index (κ1) is 23.4. The van der Waals surface area contributed by atoms with Gasteiger partial charge in [0.15, 0.2) is 6.61 Å². The van der Waals surface area contributed by atoms with Gasteiger partial charge >= 0.3 is 27.3 Å². The summed E-state index contributed by atoms with van der Waals surface area (Å²) >= 11 is 0. The monoisotopic (exact) mass is 493 g/mol. The number of ether oxygens (including phenoxy) is 3. The average molecular weight is 494 g/mol. The van der Waals surface area contributed by atoms with E-state index in [2.05, 4.69) is 14.9 Å². The Balaban J connectivity index is 1.23. The van der Waals surface area contributed by atoms with Gasteiger partial charge in [0.25, 0.3) is 0 Å². The second kappa shape index (κ2) is 8.10. The molecule has 0 radical (unpaired) electrons. The van der Waals surface area contributed by atoms with Crippen molar-refractivity contribution in [3.63, 3.8) is 0 Å². The molecule has 2 aliphatic heterocycles. The van der Waals surface area contributed by atoms with Gasteiger partial charge in [0.05, 0.1) is 30.7 Å². The molecule has 0 spiro atoms. The molecule has 4 atom stereocenters. The van der Waals surface area contributed by atoms with Gasteiger partial charge in [-0.3, -0.25) is 9.59 Å². The smallest absolute Gasteiger partial charge is 0.404 e. The fourth-order valence-corrected chi connectivity index (χ4v) is 7.80. The highest BCUT2D eigenvalue weighted by Crippen LogP contribution is 2.60. The second-order valence-corrected chi connectivity index (χ2v) is 12.4. The van der Waals surface area contributed by atoms with Crippen LogP contribution in [-0.2, 0) is 38.2 Å². The van der Waals surface area contributed by atoms with E-state index in [1.165, 1.54) is 19.3 Å². The van der Waals surface area contributed by atoms with Crippen molar-refractivity contribution in [2.75, 3.05) is 13.2 Å². The molecule has 4 aliphatic carbocycles. The summed E-state index contributed by atoms with van der Waals surface area (Å²) in [6, 6.07) is 0. The number of fused-ring (bicyclic) bond motifs is 2. The van der Waals surface area contributed by atoms with Gasteiger partial charge < -0.3 is 14.2 Å². The lowest BCUT2D eigenvalue weighted by Gasteiger charge is -2.56. The zero-order valence-corrected chi connectivity index (χ0v) is 18.9. The predicted octanol–water partition coefficient (Wildman–Crippen LogP) is 1.90. The van der Waals surface area contributed by atoms with Crippen LogP contribution in [0.3, 0.4) is 0 Å². The van der Waals surface area contributed by atoms with E-state index in [4.69, 9.17) is 9.47 Å². The third-order valence-electron chi connectivity index (χ3n) is 8.38. The van der Waals surface area contributed by atoms with E-state index >= 15 is 0 Å². The molecule has 6 fully saturated rings. The standard InChI is InChI=1S/C21H29F2NO8S/c22-21(23,33(27,28)32-24)10-30-19(26)17-15-2-1-14(31-15)16(17)18(25)29-9-20-6-11-3-12(7-20)5-13(4-11)8-20/h11-17H,1-10,24H2. The molecule has 6 rings (SSSR count). The van der Waals surface area contributed by atoms with Gasteiger partial charge in [-0.05, 0) is 69.1 Å². The molecule has 4 saturated carbocycles. The molecule has 186 valence electrons. The number of halogens is 2. The van der Waals surface area contributed by atoms with E-state index < -0.39 is 58.0 Å². The van der Waals surface area contributed by atoms with E-state index in [0.29, 0.717) is 37.2 Å². The Kier molecular flexibility index (Phi) is 5.74. The van der Waals surface area contributed by atoms with Crippen molar-refractivity contribution < 1.29 is 45.3 Å². The molecule has 0 aromatic heterocycles. The molecular weight excluding hydrogens is 464 g/mol. The summed E-state index contributed by atoms with van der Waals surface area (Å²) in [5.74, 6) is 2.69. The minimum atomic E-state index is -5.44. The van der Waals surface area contributed by atoms with Gasteiger partial charge in [0.2, 0.25) is 0 Å². The first-order chi connectivity index (χ1) is 15.5. The molecule has 33 heavy (non-hydrogen) atoms. The van der Waals surface area contributed by atoms with E-state index in [-0.39, 0.29) is 5.41 Å². The topological polar surface area (TPSA) is 131 Å². The minimum Gasteiger partial charge on any atom is -0.465 e. The molecular formula is C21H29F2NO8S. The molecule has 4 unspecified atom stereocenters. The molecule has 6 aliphatic rings. The van der Waals surface area contributed by atoms with E-state index in [1.54, 1.807) is 0 Å². The maximum atomic E-state index is 13.8. The van der Waals surface area contributed by atoms with Crippen LogP contribution in [-0.4, -0.2) is 51.0 Å². The Morgan fingerprint density at radius 1 is 0.939 bits per heavy atom. The SMILES string of the molecule is NOS(=O)(=O)C(F)(F)COC(=O)C1C2CCC(O2)C1C(=O)OCC12CC3CC(CC(C3)C1)C2. The fourth-order valence-electron chi connectivity index (χ4n) is 7.46. The zero-order chi connectivity index (χ0) is 23.6. The normalized spacial score (nSPS) is 41.4. The highest BCUT2D eigenvalue weighted by molar-refractivity contribution is 7.87. The number of rotatable bonds is 8. The lowest BCUT2D eigenvalue weighted by molar-refractivity contribution is -0.169. The maximum Gasteiger partial charge on any atom is 0.404 e. The molecule has 0 amide bonds. The van der Waals surface area contributed by atoms with Crippen molar-refractivity contribution in [2.24, 2.45) is 40.9 Å². The Hall–Kier alpha value is -1.37. The second-order valence-electron chi connectivity index (χ2n) is 10.7. The summed E-state index contributed by atoms with van der Waals surface area (Å²) in [5.41, 5.74) is -0.00245. The number of carbonyl (C=O) groups is 2. The van der Waals surface area contributed by atoms with E-state index in [9.17, 15) is 26.8 Å². The number of carbonyl (C=O) groups excluding carboxylic acids is 2. The summed E-state index contributed by atoms with van der Waals surface area (Å²) in [5, 5.41) is -4.52. The van der Waals surface area contributed by atoms with Crippen molar-refractivity contribution in [3.05, 3.63) is 0 Å². The van der Waals surface area contributed by atoms with E-state index in [0.717, 1.165) is 19.3 Å². The summed E-state index contributed by atoms with van der Waals surface area (Å²) in [6.07, 6.45) is 6.77.